The van der Waals surface area contributed by atoms with E-state index in [1.807, 2.05) is 0 Å². The molecular weight excluding hydrogens is 197 g/mol. The molecule has 0 N–H and O–H groups in total. The first-order valence-corrected chi connectivity index (χ1v) is 4.87. The zero-order chi connectivity index (χ0) is 9.99. The highest BCUT2D eigenvalue weighted by Crippen LogP contribution is 2.23. The third-order valence-corrected chi connectivity index (χ3v) is 1.54. The molecule has 1 unspecified atom stereocenters. The van der Waals surface area contributed by atoms with Crippen LogP contribution in [0.2, 0.25) is 0 Å². The Morgan fingerprint density at radius 3 is 2.08 bits per heavy atom. The molecule has 0 rings (SSSR count). The summed E-state index contributed by atoms with van der Waals surface area (Å²) in [5, 5.41) is 0. The molecule has 0 aliphatic rings. The molecule has 0 aliphatic heterocycles. The molecule has 74 valence electrons. The van der Waals surface area contributed by atoms with Gasteiger partial charge in [-0.3, -0.25) is 4.18 Å². The largest absolute Gasteiger partial charge is 0.391 e. The molecule has 0 aliphatic carbocycles. The molecule has 0 radical (unpaired) electrons. The molecular formula is C5H9F3O3S. The highest BCUT2D eigenvalue weighted by molar-refractivity contribution is 7.86. The van der Waals surface area contributed by atoms with Crippen molar-refractivity contribution in [2.75, 3.05) is 6.26 Å². The maximum atomic E-state index is 11.6. The zero-order valence-corrected chi connectivity index (χ0v) is 7.37. The number of alkyl halides is 3. The fraction of sp³-hybridized carbons (Fsp3) is 1.00. The van der Waals surface area contributed by atoms with Crippen molar-refractivity contribution in [1.29, 1.82) is 0 Å². The van der Waals surface area contributed by atoms with Gasteiger partial charge in [0, 0.05) is 0 Å². The van der Waals surface area contributed by atoms with Gasteiger partial charge in [-0.25, -0.2) is 0 Å². The van der Waals surface area contributed by atoms with Crippen LogP contribution < -0.4 is 0 Å². The third kappa shape index (κ3) is 7.80. The molecule has 7 heteroatoms. The van der Waals surface area contributed by atoms with E-state index >= 15 is 0 Å². The lowest BCUT2D eigenvalue weighted by Gasteiger charge is -2.12. The predicted octanol–water partition coefficient (Wildman–Crippen LogP) is 1.30. The second kappa shape index (κ2) is 3.61. The van der Waals surface area contributed by atoms with Gasteiger partial charge in [-0.1, -0.05) is 0 Å². The van der Waals surface area contributed by atoms with E-state index in [2.05, 4.69) is 4.18 Å². The molecule has 0 saturated heterocycles. The number of hydrogen-bond acceptors (Lipinski definition) is 3. The Morgan fingerprint density at radius 1 is 1.42 bits per heavy atom. The normalized spacial score (nSPS) is 16.1. The quantitative estimate of drug-likeness (QED) is 0.654. The van der Waals surface area contributed by atoms with Gasteiger partial charge in [-0.2, -0.15) is 21.6 Å². The van der Waals surface area contributed by atoms with Crippen LogP contribution in [-0.4, -0.2) is 27.0 Å². The topological polar surface area (TPSA) is 43.4 Å². The second-order valence-electron chi connectivity index (χ2n) is 2.43. The molecule has 0 aromatic rings. The molecule has 0 fully saturated rings. The van der Waals surface area contributed by atoms with Crippen LogP contribution in [0.4, 0.5) is 13.2 Å². The van der Waals surface area contributed by atoms with Crippen LogP contribution in [0.15, 0.2) is 0 Å². The minimum atomic E-state index is -4.40. The molecule has 1 atom stereocenters. The molecule has 0 bridgehead atoms. The predicted molar refractivity (Wildman–Crippen MR) is 36.1 cm³/mol. The first kappa shape index (κ1) is 11.7. The van der Waals surface area contributed by atoms with Crippen LogP contribution in [0.5, 0.6) is 0 Å². The van der Waals surface area contributed by atoms with Crippen molar-refractivity contribution in [3.05, 3.63) is 0 Å². The minimum Gasteiger partial charge on any atom is -0.267 e. The maximum absolute atomic E-state index is 11.6. The first-order chi connectivity index (χ1) is 5.10. The average Bonchev–Trinajstić information content (AvgIpc) is 1.49. The van der Waals surface area contributed by atoms with Gasteiger partial charge in [-0.15, -0.1) is 0 Å². The van der Waals surface area contributed by atoms with Gasteiger partial charge < -0.3 is 0 Å². The van der Waals surface area contributed by atoms with Crippen molar-refractivity contribution >= 4 is 10.1 Å². The van der Waals surface area contributed by atoms with Gasteiger partial charge in [0.25, 0.3) is 10.1 Å². The Hall–Kier alpha value is -0.300. The van der Waals surface area contributed by atoms with Crippen molar-refractivity contribution in [3.8, 4) is 0 Å². The SMILES string of the molecule is CC(CC(F)(F)F)OS(C)(=O)=O. The van der Waals surface area contributed by atoms with Crippen LogP contribution in [0.3, 0.4) is 0 Å². The summed E-state index contributed by atoms with van der Waals surface area (Å²) >= 11 is 0. The summed E-state index contributed by atoms with van der Waals surface area (Å²) < 4.78 is 59.6. The lowest BCUT2D eigenvalue weighted by atomic mass is 10.3. The summed E-state index contributed by atoms with van der Waals surface area (Å²) in [6.45, 7) is 1.05. The first-order valence-electron chi connectivity index (χ1n) is 3.05. The lowest BCUT2D eigenvalue weighted by molar-refractivity contribution is -0.148. The van der Waals surface area contributed by atoms with Crippen molar-refractivity contribution < 1.29 is 25.8 Å². The Balaban J connectivity index is 4.00. The maximum Gasteiger partial charge on any atom is 0.391 e. The van der Waals surface area contributed by atoms with E-state index in [1.165, 1.54) is 0 Å². The van der Waals surface area contributed by atoms with E-state index in [4.69, 9.17) is 0 Å². The second-order valence-corrected chi connectivity index (χ2v) is 4.03. The fourth-order valence-electron chi connectivity index (χ4n) is 0.658. The fourth-order valence-corrected chi connectivity index (χ4v) is 1.32. The van der Waals surface area contributed by atoms with Crippen molar-refractivity contribution in [2.45, 2.75) is 25.6 Å². The zero-order valence-electron chi connectivity index (χ0n) is 6.55. The molecule has 0 aromatic heterocycles. The van der Waals surface area contributed by atoms with E-state index in [0.29, 0.717) is 6.26 Å². The summed E-state index contributed by atoms with van der Waals surface area (Å²) in [6.07, 6.45) is -6.32. The molecule has 0 saturated carbocycles. The van der Waals surface area contributed by atoms with Crippen molar-refractivity contribution in [1.82, 2.24) is 0 Å². The number of rotatable bonds is 3. The highest BCUT2D eigenvalue weighted by Gasteiger charge is 2.31. The molecule has 12 heavy (non-hydrogen) atoms. The van der Waals surface area contributed by atoms with Crippen LogP contribution in [0, 0.1) is 0 Å². The summed E-state index contributed by atoms with van der Waals surface area (Å²) in [6, 6.07) is 0. The summed E-state index contributed by atoms with van der Waals surface area (Å²) in [5.41, 5.74) is 0. The van der Waals surface area contributed by atoms with Gasteiger partial charge in [-0.05, 0) is 6.92 Å². The standard InChI is InChI=1S/C5H9F3O3S/c1-4(3-5(6,7)8)11-12(2,9)10/h4H,3H2,1-2H3. The monoisotopic (exact) mass is 206 g/mol. The van der Waals surface area contributed by atoms with Crippen LogP contribution in [0.1, 0.15) is 13.3 Å². The number of halogens is 3. The average molecular weight is 206 g/mol. The molecule has 0 spiro atoms. The summed E-state index contributed by atoms with van der Waals surface area (Å²) in [5.74, 6) is 0. The Morgan fingerprint density at radius 2 is 1.83 bits per heavy atom. The van der Waals surface area contributed by atoms with E-state index in [-0.39, 0.29) is 0 Å². The van der Waals surface area contributed by atoms with Crippen LogP contribution in [0.25, 0.3) is 0 Å². The Labute approximate surface area is 68.6 Å². The minimum absolute atomic E-state index is 0.708. The van der Waals surface area contributed by atoms with Gasteiger partial charge in [0.1, 0.15) is 0 Å². The smallest absolute Gasteiger partial charge is 0.267 e. The van der Waals surface area contributed by atoms with E-state index in [0.717, 1.165) is 6.92 Å². The van der Waals surface area contributed by atoms with Crippen LogP contribution >= 0.6 is 0 Å². The third-order valence-electron chi connectivity index (χ3n) is 0.858. The van der Waals surface area contributed by atoms with Crippen molar-refractivity contribution in [2.24, 2.45) is 0 Å². The molecule has 3 nitrogen and oxygen atoms in total. The van der Waals surface area contributed by atoms with Crippen molar-refractivity contribution in [3.63, 3.8) is 0 Å². The van der Waals surface area contributed by atoms with Gasteiger partial charge in [0.05, 0.1) is 18.8 Å². The van der Waals surface area contributed by atoms with Gasteiger partial charge in [0.15, 0.2) is 0 Å². The molecule has 0 heterocycles. The number of hydrogen-bond donors (Lipinski definition) is 0. The van der Waals surface area contributed by atoms with Gasteiger partial charge in [0.2, 0.25) is 0 Å². The van der Waals surface area contributed by atoms with E-state index < -0.39 is 28.8 Å². The lowest BCUT2D eigenvalue weighted by Crippen LogP contribution is -2.22. The summed E-state index contributed by atoms with van der Waals surface area (Å²) in [7, 11) is -3.80. The Kier molecular flexibility index (Phi) is 3.52. The highest BCUT2D eigenvalue weighted by atomic mass is 32.2. The van der Waals surface area contributed by atoms with E-state index in [1.54, 1.807) is 0 Å². The Bertz CT molecular complexity index is 231. The van der Waals surface area contributed by atoms with E-state index in [9.17, 15) is 21.6 Å². The van der Waals surface area contributed by atoms with Crippen LogP contribution in [-0.2, 0) is 14.3 Å². The molecule has 0 amide bonds. The van der Waals surface area contributed by atoms with Gasteiger partial charge >= 0.3 is 6.18 Å². The molecule has 0 aromatic carbocycles. The summed E-state index contributed by atoms with van der Waals surface area (Å²) in [4.78, 5) is 0.